The Kier molecular flexibility index (Phi) is 4.70. The van der Waals surface area contributed by atoms with E-state index in [0.29, 0.717) is 10.6 Å². The number of hydrogen-bond donors (Lipinski definition) is 1. The van der Waals surface area contributed by atoms with Crippen molar-refractivity contribution in [1.82, 2.24) is 4.90 Å². The molecule has 1 aromatic carbocycles. The van der Waals surface area contributed by atoms with Crippen LogP contribution in [0.2, 0.25) is 0 Å². The van der Waals surface area contributed by atoms with E-state index in [4.69, 9.17) is 5.26 Å². The summed E-state index contributed by atoms with van der Waals surface area (Å²) in [7, 11) is 0. The molecule has 2 aromatic rings. The lowest BCUT2D eigenvalue weighted by Crippen LogP contribution is -2.32. The third-order valence-electron chi connectivity index (χ3n) is 4.00. The minimum absolute atomic E-state index is 0.127. The van der Waals surface area contributed by atoms with Crippen LogP contribution in [0.5, 0.6) is 0 Å². The highest BCUT2D eigenvalue weighted by molar-refractivity contribution is 7.14. The average molecular weight is 329 g/mol. The predicted molar refractivity (Wildman–Crippen MR) is 87.6 cm³/mol. The molecule has 0 radical (unpaired) electrons. The fourth-order valence-electron chi connectivity index (χ4n) is 2.92. The molecule has 1 aliphatic heterocycles. The minimum atomic E-state index is -0.252. The number of anilines is 1. The molecule has 0 spiro atoms. The largest absolute Gasteiger partial charge is 0.315 e. The van der Waals surface area contributed by atoms with E-state index in [1.54, 1.807) is 23.6 Å². The number of likely N-dealkylation sites (tertiary alicyclic amines) is 1. The summed E-state index contributed by atoms with van der Waals surface area (Å²) in [4.78, 5) is 14.3. The van der Waals surface area contributed by atoms with E-state index >= 15 is 0 Å². The smallest absolute Gasteiger partial charge is 0.239 e. The van der Waals surface area contributed by atoms with Crippen LogP contribution in [0.3, 0.4) is 0 Å². The summed E-state index contributed by atoms with van der Waals surface area (Å²) < 4.78 is 13.1. The Hall–Kier alpha value is -2.23. The first-order valence-electron chi connectivity index (χ1n) is 7.44. The molecule has 1 fully saturated rings. The maximum Gasteiger partial charge on any atom is 0.239 e. The van der Waals surface area contributed by atoms with Gasteiger partial charge in [-0.15, -0.1) is 11.3 Å². The number of carbonyl (C=O) groups is 1. The van der Waals surface area contributed by atoms with Crippen LogP contribution in [-0.4, -0.2) is 23.9 Å². The highest BCUT2D eigenvalue weighted by Crippen LogP contribution is 2.32. The summed E-state index contributed by atoms with van der Waals surface area (Å²) in [6.45, 7) is 1.11. The van der Waals surface area contributed by atoms with Crippen LogP contribution in [0.25, 0.3) is 0 Å². The Bertz CT molecular complexity index is 735. The number of amides is 1. The predicted octanol–water partition coefficient (Wildman–Crippen LogP) is 3.53. The van der Waals surface area contributed by atoms with Gasteiger partial charge in [-0.05, 0) is 48.5 Å². The van der Waals surface area contributed by atoms with Crippen molar-refractivity contribution in [2.24, 2.45) is 0 Å². The number of nitriles is 1. The van der Waals surface area contributed by atoms with Crippen molar-refractivity contribution in [3.63, 3.8) is 0 Å². The van der Waals surface area contributed by atoms with Crippen molar-refractivity contribution < 1.29 is 9.18 Å². The Morgan fingerprint density at radius 1 is 1.39 bits per heavy atom. The normalized spacial score (nSPS) is 17.8. The Balaban J connectivity index is 1.65. The van der Waals surface area contributed by atoms with Gasteiger partial charge in [-0.3, -0.25) is 9.69 Å². The molecule has 118 valence electrons. The van der Waals surface area contributed by atoms with Gasteiger partial charge in [0.05, 0.1) is 12.1 Å². The summed E-state index contributed by atoms with van der Waals surface area (Å²) in [6.07, 6.45) is 1.97. The molecular formula is C17H16FN3OS. The van der Waals surface area contributed by atoms with E-state index in [2.05, 4.69) is 16.3 Å². The van der Waals surface area contributed by atoms with Gasteiger partial charge in [-0.1, -0.05) is 12.1 Å². The molecule has 1 N–H and O–H groups in total. The molecule has 1 aromatic heterocycles. The lowest BCUT2D eigenvalue weighted by molar-refractivity contribution is -0.117. The number of thiophene rings is 1. The lowest BCUT2D eigenvalue weighted by atomic mass is 10.0. The van der Waals surface area contributed by atoms with Crippen LogP contribution in [0.15, 0.2) is 35.7 Å². The van der Waals surface area contributed by atoms with Crippen LogP contribution in [-0.2, 0) is 4.79 Å². The molecule has 2 heterocycles. The molecule has 3 rings (SSSR count). The van der Waals surface area contributed by atoms with Crippen LogP contribution in [0.1, 0.15) is 30.0 Å². The average Bonchev–Trinajstić information content (AvgIpc) is 3.17. The fraction of sp³-hybridized carbons (Fsp3) is 0.294. The van der Waals surface area contributed by atoms with E-state index < -0.39 is 0 Å². The van der Waals surface area contributed by atoms with E-state index in [1.165, 1.54) is 23.5 Å². The molecular weight excluding hydrogens is 313 g/mol. The van der Waals surface area contributed by atoms with Gasteiger partial charge in [0.2, 0.25) is 5.91 Å². The van der Waals surface area contributed by atoms with Gasteiger partial charge in [0.25, 0.3) is 0 Å². The number of nitrogens with zero attached hydrogens (tertiary/aromatic N) is 2. The number of rotatable bonds is 4. The van der Waals surface area contributed by atoms with Crippen molar-refractivity contribution in [2.75, 3.05) is 18.4 Å². The molecule has 1 aliphatic rings. The molecule has 1 amide bonds. The van der Waals surface area contributed by atoms with Crippen molar-refractivity contribution in [3.05, 3.63) is 52.7 Å². The first kappa shape index (κ1) is 15.7. The van der Waals surface area contributed by atoms with Gasteiger partial charge < -0.3 is 5.32 Å². The van der Waals surface area contributed by atoms with Crippen molar-refractivity contribution >= 4 is 22.2 Å². The SMILES string of the molecule is N#Cc1ccsc1NC(=O)CN1CCCC1c1ccc(F)cc1. The highest BCUT2D eigenvalue weighted by atomic mass is 32.1. The molecule has 0 saturated carbocycles. The maximum atomic E-state index is 13.1. The molecule has 6 heteroatoms. The van der Waals surface area contributed by atoms with Crippen LogP contribution < -0.4 is 5.32 Å². The quantitative estimate of drug-likeness (QED) is 0.933. The topological polar surface area (TPSA) is 56.1 Å². The number of halogens is 1. The lowest BCUT2D eigenvalue weighted by Gasteiger charge is -2.24. The Labute approximate surface area is 138 Å². The summed E-state index contributed by atoms with van der Waals surface area (Å²) in [5, 5.41) is 14.2. The van der Waals surface area contributed by atoms with Gasteiger partial charge in [0.1, 0.15) is 16.9 Å². The molecule has 0 bridgehead atoms. The monoisotopic (exact) mass is 329 g/mol. The van der Waals surface area contributed by atoms with Gasteiger partial charge in [0.15, 0.2) is 0 Å². The van der Waals surface area contributed by atoms with Crippen LogP contribution in [0, 0.1) is 17.1 Å². The van der Waals surface area contributed by atoms with Crippen molar-refractivity contribution in [3.8, 4) is 6.07 Å². The first-order chi connectivity index (χ1) is 11.2. The third-order valence-corrected chi connectivity index (χ3v) is 4.83. The maximum absolute atomic E-state index is 13.1. The molecule has 4 nitrogen and oxygen atoms in total. The molecule has 23 heavy (non-hydrogen) atoms. The zero-order valence-electron chi connectivity index (χ0n) is 12.5. The number of hydrogen-bond acceptors (Lipinski definition) is 4. The molecule has 0 aliphatic carbocycles. The second-order valence-electron chi connectivity index (χ2n) is 5.50. The second-order valence-corrected chi connectivity index (χ2v) is 6.42. The zero-order chi connectivity index (χ0) is 16.2. The summed E-state index contributed by atoms with van der Waals surface area (Å²) in [5.74, 6) is -0.379. The van der Waals surface area contributed by atoms with Crippen molar-refractivity contribution in [2.45, 2.75) is 18.9 Å². The van der Waals surface area contributed by atoms with E-state index in [-0.39, 0.29) is 24.3 Å². The van der Waals surface area contributed by atoms with E-state index in [0.717, 1.165) is 24.9 Å². The van der Waals surface area contributed by atoms with E-state index in [9.17, 15) is 9.18 Å². The summed E-state index contributed by atoms with van der Waals surface area (Å²) >= 11 is 1.34. The van der Waals surface area contributed by atoms with Crippen LogP contribution in [0.4, 0.5) is 9.39 Å². The summed E-state index contributed by atoms with van der Waals surface area (Å²) in [6, 6.07) is 10.4. The molecule has 1 atom stereocenters. The second kappa shape index (κ2) is 6.90. The standard InChI is InChI=1S/C17H16FN3OS/c18-14-5-3-12(4-6-14)15-2-1-8-21(15)11-16(22)20-17-13(10-19)7-9-23-17/h3-7,9,15H,1-2,8,11H2,(H,20,22). The third kappa shape index (κ3) is 3.58. The van der Waals surface area contributed by atoms with Crippen molar-refractivity contribution in [1.29, 1.82) is 5.26 Å². The molecule has 1 saturated heterocycles. The minimum Gasteiger partial charge on any atom is -0.315 e. The Morgan fingerprint density at radius 2 is 2.17 bits per heavy atom. The number of benzene rings is 1. The zero-order valence-corrected chi connectivity index (χ0v) is 13.3. The highest BCUT2D eigenvalue weighted by Gasteiger charge is 2.27. The first-order valence-corrected chi connectivity index (χ1v) is 8.32. The van der Waals surface area contributed by atoms with Gasteiger partial charge >= 0.3 is 0 Å². The number of nitrogens with one attached hydrogen (secondary N) is 1. The van der Waals surface area contributed by atoms with Crippen LogP contribution >= 0.6 is 11.3 Å². The fourth-order valence-corrected chi connectivity index (χ4v) is 3.68. The Morgan fingerprint density at radius 3 is 2.91 bits per heavy atom. The van der Waals surface area contributed by atoms with E-state index in [1.807, 2.05) is 0 Å². The van der Waals surface area contributed by atoms with Gasteiger partial charge in [0, 0.05) is 6.04 Å². The van der Waals surface area contributed by atoms with Gasteiger partial charge in [-0.2, -0.15) is 5.26 Å². The molecule has 1 unspecified atom stereocenters. The van der Waals surface area contributed by atoms with Gasteiger partial charge in [-0.25, -0.2) is 4.39 Å². The summed E-state index contributed by atoms with van der Waals surface area (Å²) in [5.41, 5.74) is 1.52. The number of carbonyl (C=O) groups excluding carboxylic acids is 1.